The monoisotopic (exact) mass is 448 g/mol. The molecule has 0 atom stereocenters. The van der Waals surface area contributed by atoms with E-state index in [9.17, 15) is 23.5 Å². The zero-order valence-corrected chi connectivity index (χ0v) is 17.7. The van der Waals surface area contributed by atoms with Crippen molar-refractivity contribution in [2.24, 2.45) is 0 Å². The number of carboxylic acids is 1. The number of carbonyl (C=O) groups excluding carboxylic acids is 1. The molecule has 0 radical (unpaired) electrons. The number of rotatable bonds is 6. The number of nitrogens with zero attached hydrogens (tertiary/aromatic N) is 2. The van der Waals surface area contributed by atoms with E-state index >= 15 is 0 Å². The average Bonchev–Trinajstić information content (AvgIpc) is 3.36. The van der Waals surface area contributed by atoms with Crippen molar-refractivity contribution < 1.29 is 28.0 Å². The van der Waals surface area contributed by atoms with Crippen LogP contribution in [-0.2, 0) is 28.9 Å². The van der Waals surface area contributed by atoms with Crippen LogP contribution < -0.4 is 0 Å². The van der Waals surface area contributed by atoms with E-state index in [-0.39, 0.29) is 48.8 Å². The van der Waals surface area contributed by atoms with Gasteiger partial charge in [-0.1, -0.05) is 5.16 Å². The second-order valence-electron chi connectivity index (χ2n) is 8.64. The largest absolute Gasteiger partial charge is 0.478 e. The van der Waals surface area contributed by atoms with Crippen LogP contribution in [0.4, 0.5) is 8.78 Å². The molecule has 1 saturated carbocycles. The smallest absolute Gasteiger partial charge is 0.331 e. The van der Waals surface area contributed by atoms with Crippen LogP contribution >= 0.6 is 11.3 Å². The minimum atomic E-state index is -2.77. The van der Waals surface area contributed by atoms with E-state index < -0.39 is 11.9 Å². The number of carboxylic acid groups (broad SMARTS) is 1. The van der Waals surface area contributed by atoms with Gasteiger partial charge in [-0.2, -0.15) is 4.98 Å². The molecule has 6 nitrogen and oxygen atoms in total. The zero-order chi connectivity index (χ0) is 21.8. The first-order chi connectivity index (χ1) is 14.8. The number of aliphatic carboxylic acids is 1. The maximum atomic E-state index is 14.1. The number of allylic oxidation sites excluding steroid dienone is 1. The summed E-state index contributed by atoms with van der Waals surface area (Å²) in [5.41, 5.74) is 1.91. The van der Waals surface area contributed by atoms with Crippen LogP contribution in [0.3, 0.4) is 0 Å². The van der Waals surface area contributed by atoms with Gasteiger partial charge < -0.3 is 9.63 Å². The SMILES string of the molecule is O=C(O)C1=C(C(=O)Cc2sc3c(c2-c2nc(C4CC4)no2)CCC(F)(F)C3)CCCC1. The lowest BCUT2D eigenvalue weighted by atomic mass is 9.87. The van der Waals surface area contributed by atoms with Crippen molar-refractivity contribution in [3.63, 3.8) is 0 Å². The molecule has 2 aromatic rings. The number of carbonyl (C=O) groups is 2. The molecule has 3 aliphatic carbocycles. The first-order valence-corrected chi connectivity index (χ1v) is 11.5. The van der Waals surface area contributed by atoms with E-state index in [1.807, 2.05) is 0 Å². The number of hydrogen-bond acceptors (Lipinski definition) is 6. The van der Waals surface area contributed by atoms with E-state index in [0.717, 1.165) is 31.2 Å². The van der Waals surface area contributed by atoms with Gasteiger partial charge in [0, 0.05) is 46.1 Å². The normalized spacial score (nSPS) is 20.6. The van der Waals surface area contributed by atoms with Gasteiger partial charge in [-0.15, -0.1) is 11.3 Å². The summed E-state index contributed by atoms with van der Waals surface area (Å²) >= 11 is 1.20. The topological polar surface area (TPSA) is 93.3 Å². The highest BCUT2D eigenvalue weighted by Crippen LogP contribution is 2.46. The predicted molar refractivity (Wildman–Crippen MR) is 108 cm³/mol. The molecular weight excluding hydrogens is 426 g/mol. The molecule has 0 aliphatic heterocycles. The van der Waals surface area contributed by atoms with E-state index in [4.69, 9.17) is 4.52 Å². The number of alkyl halides is 2. The number of halogens is 2. The van der Waals surface area contributed by atoms with Gasteiger partial charge in [0.05, 0.1) is 5.56 Å². The van der Waals surface area contributed by atoms with Gasteiger partial charge in [0.25, 0.3) is 11.8 Å². The number of fused-ring (bicyclic) bond motifs is 1. The molecule has 9 heteroatoms. The fourth-order valence-electron chi connectivity index (χ4n) is 4.53. The lowest BCUT2D eigenvalue weighted by Crippen LogP contribution is -2.24. The standard InChI is InChI=1S/C22H22F2N2O4S/c23-22(24)8-7-14-17(10-22)31-16(18(14)20-25-19(26-30-20)11-5-6-11)9-15(27)12-3-1-2-4-13(12)21(28)29/h11H,1-10H2,(H,28,29). The van der Waals surface area contributed by atoms with E-state index in [2.05, 4.69) is 10.1 Å². The van der Waals surface area contributed by atoms with Crippen molar-refractivity contribution in [2.45, 2.75) is 76.0 Å². The van der Waals surface area contributed by atoms with Crippen molar-refractivity contribution in [3.8, 4) is 11.5 Å². The summed E-state index contributed by atoms with van der Waals surface area (Å²) < 4.78 is 33.6. The van der Waals surface area contributed by atoms with Crippen LogP contribution in [0.15, 0.2) is 15.7 Å². The number of ketones is 1. The quantitative estimate of drug-likeness (QED) is 0.678. The third-order valence-electron chi connectivity index (χ3n) is 6.31. The maximum Gasteiger partial charge on any atom is 0.331 e. The molecule has 0 spiro atoms. The molecule has 5 rings (SSSR count). The summed E-state index contributed by atoms with van der Waals surface area (Å²) in [6, 6.07) is 0. The zero-order valence-electron chi connectivity index (χ0n) is 16.9. The van der Waals surface area contributed by atoms with Gasteiger partial charge in [0.1, 0.15) is 0 Å². The van der Waals surface area contributed by atoms with E-state index in [1.54, 1.807) is 0 Å². The summed E-state index contributed by atoms with van der Waals surface area (Å²) in [4.78, 5) is 30.4. The van der Waals surface area contributed by atoms with E-state index in [0.29, 0.717) is 39.6 Å². The lowest BCUT2D eigenvalue weighted by Gasteiger charge is -2.21. The van der Waals surface area contributed by atoms with Gasteiger partial charge >= 0.3 is 5.97 Å². The molecule has 0 bridgehead atoms. The number of thiophene rings is 1. The molecule has 3 aliphatic rings. The molecule has 0 amide bonds. The second kappa shape index (κ2) is 7.62. The summed E-state index contributed by atoms with van der Waals surface area (Å²) in [6.07, 6.45) is 3.88. The molecule has 2 aromatic heterocycles. The number of aromatic nitrogens is 2. The fourth-order valence-corrected chi connectivity index (χ4v) is 5.95. The lowest BCUT2D eigenvalue weighted by molar-refractivity contribution is -0.133. The molecule has 0 saturated heterocycles. The third-order valence-corrected chi connectivity index (χ3v) is 7.54. The highest BCUT2D eigenvalue weighted by atomic mass is 32.1. The molecule has 1 N–H and O–H groups in total. The van der Waals surface area contributed by atoms with Crippen LogP contribution in [0.5, 0.6) is 0 Å². The minimum absolute atomic E-state index is 0.0359. The Kier molecular flexibility index (Phi) is 5.03. The summed E-state index contributed by atoms with van der Waals surface area (Å²) in [6.45, 7) is 0. The maximum absolute atomic E-state index is 14.1. The minimum Gasteiger partial charge on any atom is -0.478 e. The van der Waals surface area contributed by atoms with Gasteiger partial charge in [-0.25, -0.2) is 13.6 Å². The molecule has 0 aromatic carbocycles. The summed E-state index contributed by atoms with van der Waals surface area (Å²) in [5.74, 6) is -2.90. The van der Waals surface area contributed by atoms with Crippen molar-refractivity contribution in [3.05, 3.63) is 32.3 Å². The van der Waals surface area contributed by atoms with Crippen molar-refractivity contribution >= 4 is 23.1 Å². The Labute approximate surface area is 181 Å². The molecule has 2 heterocycles. The summed E-state index contributed by atoms with van der Waals surface area (Å²) in [5, 5.41) is 13.5. The van der Waals surface area contributed by atoms with Gasteiger partial charge in [-0.3, -0.25) is 4.79 Å². The Bertz CT molecular complexity index is 1100. The Morgan fingerprint density at radius 3 is 2.61 bits per heavy atom. The van der Waals surface area contributed by atoms with Crippen LogP contribution in [0.2, 0.25) is 0 Å². The molecule has 1 fully saturated rings. The Morgan fingerprint density at radius 2 is 1.90 bits per heavy atom. The van der Waals surface area contributed by atoms with Crippen LogP contribution in [0.1, 0.15) is 72.0 Å². The van der Waals surface area contributed by atoms with Gasteiger partial charge in [0.2, 0.25) is 0 Å². The highest BCUT2D eigenvalue weighted by molar-refractivity contribution is 7.12. The van der Waals surface area contributed by atoms with E-state index in [1.165, 1.54) is 11.3 Å². The van der Waals surface area contributed by atoms with Crippen LogP contribution in [0.25, 0.3) is 11.5 Å². The Hall–Kier alpha value is -2.42. The van der Waals surface area contributed by atoms with Crippen LogP contribution in [-0.4, -0.2) is 32.9 Å². The van der Waals surface area contributed by atoms with Crippen molar-refractivity contribution in [2.75, 3.05) is 0 Å². The van der Waals surface area contributed by atoms with Crippen molar-refractivity contribution in [1.29, 1.82) is 0 Å². The third kappa shape index (κ3) is 3.95. The summed E-state index contributed by atoms with van der Waals surface area (Å²) in [7, 11) is 0. The average molecular weight is 448 g/mol. The van der Waals surface area contributed by atoms with Crippen LogP contribution in [0, 0.1) is 0 Å². The number of hydrogen-bond donors (Lipinski definition) is 1. The first kappa shape index (κ1) is 20.5. The first-order valence-electron chi connectivity index (χ1n) is 10.7. The molecule has 0 unspecified atom stereocenters. The Morgan fingerprint density at radius 1 is 1.16 bits per heavy atom. The Balaban J connectivity index is 1.53. The molecular formula is C22H22F2N2O4S. The molecule has 31 heavy (non-hydrogen) atoms. The molecule has 164 valence electrons. The second-order valence-corrected chi connectivity index (χ2v) is 9.83. The van der Waals surface area contributed by atoms with Crippen molar-refractivity contribution in [1.82, 2.24) is 10.1 Å². The van der Waals surface area contributed by atoms with Gasteiger partial charge in [-0.05, 0) is 50.5 Å². The highest BCUT2D eigenvalue weighted by Gasteiger charge is 2.39. The number of Topliss-reactive ketones (excluding diaryl/α,β-unsaturated/α-hetero) is 1. The fraction of sp³-hybridized carbons (Fsp3) is 0.545. The van der Waals surface area contributed by atoms with Gasteiger partial charge in [0.15, 0.2) is 11.6 Å². The predicted octanol–water partition coefficient (Wildman–Crippen LogP) is 4.87.